The van der Waals surface area contributed by atoms with Gasteiger partial charge in [0.25, 0.3) is 0 Å². The molecule has 0 heterocycles. The molecule has 6 aromatic carbocycles. The van der Waals surface area contributed by atoms with Crippen LogP contribution in [0.3, 0.4) is 0 Å². The summed E-state index contributed by atoms with van der Waals surface area (Å²) < 4.78 is 0. The van der Waals surface area contributed by atoms with Crippen LogP contribution in [0.15, 0.2) is 97.1 Å². The minimum absolute atomic E-state index is 0.0825. The zero-order valence-corrected chi connectivity index (χ0v) is 24.6. The van der Waals surface area contributed by atoms with Crippen molar-refractivity contribution in [2.45, 2.75) is 59.3 Å². The Bertz CT molecular complexity index is 1810. The number of Topliss-reactive ketones (excluding diaryl/α,β-unsaturated/α-hetero) is 1. The summed E-state index contributed by atoms with van der Waals surface area (Å²) >= 11 is 0. The molecule has 0 N–H and O–H groups in total. The molecule has 40 heavy (non-hydrogen) atoms. The minimum Gasteiger partial charge on any atom is -0.310 e. The van der Waals surface area contributed by atoms with E-state index in [9.17, 15) is 4.79 Å². The van der Waals surface area contributed by atoms with Crippen LogP contribution in [0.1, 0.15) is 70.0 Å². The smallest absolute Gasteiger partial charge is 0.160 e. The molecule has 0 aliphatic rings. The van der Waals surface area contributed by atoms with Crippen molar-refractivity contribution in [2.24, 2.45) is 0 Å². The number of carbonyl (C=O) groups is 1. The second kappa shape index (κ2) is 9.20. The fraction of sp³-hybridized carbons (Fsp3) is 0.237. The van der Waals surface area contributed by atoms with Gasteiger partial charge in [-0.25, -0.2) is 0 Å². The van der Waals surface area contributed by atoms with Gasteiger partial charge >= 0.3 is 0 Å². The van der Waals surface area contributed by atoms with Crippen LogP contribution in [0.25, 0.3) is 32.3 Å². The number of ketones is 1. The van der Waals surface area contributed by atoms with Crippen LogP contribution in [0.2, 0.25) is 0 Å². The molecule has 0 spiro atoms. The van der Waals surface area contributed by atoms with Crippen LogP contribution in [-0.4, -0.2) is 5.78 Å². The van der Waals surface area contributed by atoms with Gasteiger partial charge in [-0.2, -0.15) is 0 Å². The predicted molar refractivity (Wildman–Crippen MR) is 172 cm³/mol. The summed E-state index contributed by atoms with van der Waals surface area (Å²) in [5.41, 5.74) is 6.93. The lowest BCUT2D eigenvalue weighted by molar-refractivity contribution is 0.101. The first-order valence-corrected chi connectivity index (χ1v) is 14.2. The number of carbonyl (C=O) groups excluding carboxylic acids is 1. The van der Waals surface area contributed by atoms with Crippen molar-refractivity contribution in [2.75, 3.05) is 4.90 Å². The summed E-state index contributed by atoms with van der Waals surface area (Å²) in [7, 11) is 0. The SMILES string of the molecule is CC(=O)c1ccc2ccc3c(N(c4ccc(C(C)(C)C)cc4)c4ccc(C(C)(C)C)cc4)ccc4ccc1c2c43. The number of hydrogen-bond acceptors (Lipinski definition) is 2. The molecular formula is C38H37NO. The number of anilines is 3. The number of rotatable bonds is 4. The Morgan fingerprint density at radius 2 is 0.950 bits per heavy atom. The summed E-state index contributed by atoms with van der Waals surface area (Å²) in [5.74, 6) is 0.0951. The second-order valence-electron chi connectivity index (χ2n) is 13.1. The van der Waals surface area contributed by atoms with E-state index in [2.05, 4.69) is 137 Å². The number of nitrogens with zero attached hydrogens (tertiary/aromatic N) is 1. The maximum absolute atomic E-state index is 12.5. The fourth-order valence-corrected chi connectivity index (χ4v) is 5.94. The van der Waals surface area contributed by atoms with Gasteiger partial charge in [-0.15, -0.1) is 0 Å². The Hall–Kier alpha value is -4.17. The third-order valence-electron chi connectivity index (χ3n) is 8.24. The molecular weight excluding hydrogens is 486 g/mol. The standard InChI is InChI=1S/C38H37NO/c1-24(40)31-20-8-25-10-22-33-34(23-11-26-9-21-32(31)35(25)36(26)33)39(29-16-12-27(13-17-29)37(2,3)4)30-18-14-28(15-19-30)38(5,6)7/h8-23H,1-7H3. The van der Waals surface area contributed by atoms with E-state index in [1.165, 1.54) is 27.3 Å². The van der Waals surface area contributed by atoms with Crippen molar-refractivity contribution in [1.29, 1.82) is 0 Å². The average molecular weight is 524 g/mol. The van der Waals surface area contributed by atoms with Crippen LogP contribution >= 0.6 is 0 Å². The predicted octanol–water partition coefficient (Wildman–Crippen LogP) is 10.9. The van der Waals surface area contributed by atoms with Crippen LogP contribution in [-0.2, 0) is 10.8 Å². The Balaban J connectivity index is 1.63. The Morgan fingerprint density at radius 3 is 1.43 bits per heavy atom. The highest BCUT2D eigenvalue weighted by atomic mass is 16.1. The maximum Gasteiger partial charge on any atom is 0.160 e. The molecule has 0 saturated heterocycles. The molecule has 0 amide bonds. The monoisotopic (exact) mass is 523 g/mol. The second-order valence-corrected chi connectivity index (χ2v) is 13.1. The molecule has 0 aromatic heterocycles. The highest BCUT2D eigenvalue weighted by molar-refractivity contribution is 6.28. The average Bonchev–Trinajstić information content (AvgIpc) is 2.92. The van der Waals surface area contributed by atoms with Gasteiger partial charge in [0.05, 0.1) is 5.69 Å². The lowest BCUT2D eigenvalue weighted by atomic mass is 9.86. The van der Waals surface area contributed by atoms with Crippen LogP contribution in [0.5, 0.6) is 0 Å². The largest absolute Gasteiger partial charge is 0.310 e. The van der Waals surface area contributed by atoms with E-state index in [0.717, 1.165) is 38.8 Å². The van der Waals surface area contributed by atoms with Gasteiger partial charge < -0.3 is 4.90 Å². The summed E-state index contributed by atoms with van der Waals surface area (Å²) in [4.78, 5) is 14.9. The summed E-state index contributed by atoms with van der Waals surface area (Å²) in [5, 5.41) is 6.91. The Morgan fingerprint density at radius 1 is 0.525 bits per heavy atom. The topological polar surface area (TPSA) is 20.3 Å². The molecule has 2 nitrogen and oxygen atoms in total. The van der Waals surface area contributed by atoms with Gasteiger partial charge in [0, 0.05) is 22.3 Å². The van der Waals surface area contributed by atoms with Crippen molar-refractivity contribution < 1.29 is 4.79 Å². The summed E-state index contributed by atoms with van der Waals surface area (Å²) in [6.45, 7) is 15.2. The molecule has 0 unspecified atom stereocenters. The molecule has 6 rings (SSSR count). The van der Waals surface area contributed by atoms with E-state index in [1.54, 1.807) is 6.92 Å². The fourth-order valence-electron chi connectivity index (χ4n) is 5.94. The first-order chi connectivity index (χ1) is 18.9. The van der Waals surface area contributed by atoms with E-state index in [-0.39, 0.29) is 16.6 Å². The van der Waals surface area contributed by atoms with Gasteiger partial charge in [0.15, 0.2) is 5.78 Å². The molecule has 6 aromatic rings. The third-order valence-corrected chi connectivity index (χ3v) is 8.24. The summed E-state index contributed by atoms with van der Waals surface area (Å²) in [6.07, 6.45) is 0. The highest BCUT2D eigenvalue weighted by Crippen LogP contribution is 2.45. The van der Waals surface area contributed by atoms with Gasteiger partial charge in [-0.05, 0) is 86.1 Å². The number of benzene rings is 6. The van der Waals surface area contributed by atoms with Gasteiger partial charge in [0.2, 0.25) is 0 Å². The molecule has 0 aliphatic heterocycles. The van der Waals surface area contributed by atoms with Gasteiger partial charge in [-0.1, -0.05) is 108 Å². The Labute approximate surface area is 237 Å². The molecule has 0 radical (unpaired) electrons. The molecule has 0 fully saturated rings. The van der Waals surface area contributed by atoms with Crippen molar-refractivity contribution in [1.82, 2.24) is 0 Å². The van der Waals surface area contributed by atoms with Gasteiger partial charge in [0.1, 0.15) is 0 Å². The van der Waals surface area contributed by atoms with E-state index in [1.807, 2.05) is 6.07 Å². The zero-order valence-electron chi connectivity index (χ0n) is 24.6. The van der Waals surface area contributed by atoms with Crippen molar-refractivity contribution >= 4 is 55.2 Å². The lowest BCUT2D eigenvalue weighted by Gasteiger charge is -2.29. The molecule has 2 heteroatoms. The first-order valence-electron chi connectivity index (χ1n) is 14.2. The molecule has 0 bridgehead atoms. The summed E-state index contributed by atoms with van der Waals surface area (Å²) in [6, 6.07) is 35.2. The lowest BCUT2D eigenvalue weighted by Crippen LogP contribution is -2.14. The van der Waals surface area contributed by atoms with Crippen molar-refractivity contribution in [3.8, 4) is 0 Å². The molecule has 200 valence electrons. The Kier molecular flexibility index (Phi) is 6.00. The van der Waals surface area contributed by atoms with Crippen LogP contribution < -0.4 is 4.90 Å². The van der Waals surface area contributed by atoms with E-state index >= 15 is 0 Å². The molecule has 0 atom stereocenters. The molecule has 0 aliphatic carbocycles. The highest BCUT2D eigenvalue weighted by Gasteiger charge is 2.21. The van der Waals surface area contributed by atoms with E-state index in [0.29, 0.717) is 0 Å². The molecule has 0 saturated carbocycles. The van der Waals surface area contributed by atoms with E-state index in [4.69, 9.17) is 0 Å². The normalized spacial score (nSPS) is 12.5. The van der Waals surface area contributed by atoms with Crippen molar-refractivity contribution in [3.05, 3.63) is 114 Å². The van der Waals surface area contributed by atoms with Crippen LogP contribution in [0.4, 0.5) is 17.1 Å². The minimum atomic E-state index is 0.0825. The van der Waals surface area contributed by atoms with Crippen LogP contribution in [0, 0.1) is 0 Å². The zero-order chi connectivity index (χ0) is 28.4. The van der Waals surface area contributed by atoms with Crippen molar-refractivity contribution in [3.63, 3.8) is 0 Å². The first kappa shape index (κ1) is 26.1. The van der Waals surface area contributed by atoms with E-state index < -0.39 is 0 Å². The maximum atomic E-state index is 12.5. The number of hydrogen-bond donors (Lipinski definition) is 0. The van der Waals surface area contributed by atoms with Gasteiger partial charge in [-0.3, -0.25) is 4.79 Å². The quantitative estimate of drug-likeness (QED) is 0.169. The third kappa shape index (κ3) is 4.32.